The predicted octanol–water partition coefficient (Wildman–Crippen LogP) is 3.12. The average Bonchev–Trinajstić information content (AvgIpc) is 3.17. The molecule has 3 rings (SSSR count). The molecule has 24 heavy (non-hydrogen) atoms. The van der Waals surface area contributed by atoms with E-state index in [0.29, 0.717) is 5.75 Å². The van der Waals surface area contributed by atoms with Crippen LogP contribution in [-0.4, -0.2) is 49.8 Å². The number of para-hydroxylation sites is 2. The number of amides is 1. The number of benzene rings is 1. The first-order valence-electron chi connectivity index (χ1n) is 8.44. The van der Waals surface area contributed by atoms with Crippen LogP contribution in [0.15, 0.2) is 24.3 Å². The Hall–Kier alpha value is -1.53. The number of nitrogens with zero attached hydrogens (tertiary/aromatic N) is 2. The topological polar surface area (TPSA) is 69.2 Å². The molecule has 0 bridgehead atoms. The summed E-state index contributed by atoms with van der Waals surface area (Å²) in [4.78, 5) is 22.3. The summed E-state index contributed by atoms with van der Waals surface area (Å²) in [6, 6.07) is 7.86. The van der Waals surface area contributed by atoms with Crippen molar-refractivity contribution in [2.24, 2.45) is 0 Å². The van der Waals surface area contributed by atoms with Crippen LogP contribution >= 0.6 is 11.8 Å². The van der Waals surface area contributed by atoms with Crippen molar-refractivity contribution in [3.05, 3.63) is 30.1 Å². The van der Waals surface area contributed by atoms with E-state index in [9.17, 15) is 9.90 Å². The standard InChI is InChI=1S/C18H25N3O2S/c1-12(17-19-13-7-4-5-8-14(13)20-17)24-11-16(22)21-10-6-9-15(21)18(2,3)23/h4-5,7-8,12,15,23H,6,9-11H2,1-3H3,(H,19,20). The Morgan fingerprint density at radius 1 is 1.50 bits per heavy atom. The number of aliphatic hydroxyl groups is 1. The molecule has 1 aromatic carbocycles. The minimum absolute atomic E-state index is 0.0768. The molecular formula is C18H25N3O2S. The monoisotopic (exact) mass is 347 g/mol. The molecule has 2 atom stereocenters. The fourth-order valence-electron chi connectivity index (χ4n) is 3.32. The summed E-state index contributed by atoms with van der Waals surface area (Å²) in [7, 11) is 0. The second kappa shape index (κ2) is 6.76. The van der Waals surface area contributed by atoms with E-state index >= 15 is 0 Å². The minimum atomic E-state index is -0.846. The maximum atomic E-state index is 12.6. The molecule has 130 valence electrons. The van der Waals surface area contributed by atoms with Gasteiger partial charge in [-0.05, 0) is 45.7 Å². The quantitative estimate of drug-likeness (QED) is 0.872. The van der Waals surface area contributed by atoms with Gasteiger partial charge < -0.3 is 15.0 Å². The number of hydrogen-bond acceptors (Lipinski definition) is 4. The molecular weight excluding hydrogens is 322 g/mol. The molecule has 0 radical (unpaired) electrons. The third-order valence-corrected chi connectivity index (χ3v) is 5.78. The lowest BCUT2D eigenvalue weighted by Gasteiger charge is -2.34. The van der Waals surface area contributed by atoms with Gasteiger partial charge in [0, 0.05) is 6.54 Å². The first kappa shape index (κ1) is 17.3. The van der Waals surface area contributed by atoms with Gasteiger partial charge in [0.05, 0.1) is 33.7 Å². The van der Waals surface area contributed by atoms with Crippen molar-refractivity contribution >= 4 is 28.7 Å². The van der Waals surface area contributed by atoms with Crippen molar-refractivity contribution in [2.75, 3.05) is 12.3 Å². The van der Waals surface area contributed by atoms with Crippen molar-refractivity contribution in [2.45, 2.75) is 50.5 Å². The molecule has 0 spiro atoms. The minimum Gasteiger partial charge on any atom is -0.388 e. The summed E-state index contributed by atoms with van der Waals surface area (Å²) < 4.78 is 0. The van der Waals surface area contributed by atoms with Crippen molar-refractivity contribution in [3.8, 4) is 0 Å². The highest BCUT2D eigenvalue weighted by Crippen LogP contribution is 2.31. The first-order valence-corrected chi connectivity index (χ1v) is 9.49. The Kier molecular flexibility index (Phi) is 4.88. The molecule has 2 unspecified atom stereocenters. The largest absolute Gasteiger partial charge is 0.388 e. The summed E-state index contributed by atoms with van der Waals surface area (Å²) in [5, 5.41) is 10.4. The second-order valence-electron chi connectivity index (χ2n) is 6.99. The van der Waals surface area contributed by atoms with E-state index in [2.05, 4.69) is 16.9 Å². The van der Waals surface area contributed by atoms with Gasteiger partial charge in [0.25, 0.3) is 0 Å². The van der Waals surface area contributed by atoms with E-state index in [0.717, 1.165) is 36.2 Å². The molecule has 1 amide bonds. The zero-order valence-corrected chi connectivity index (χ0v) is 15.3. The summed E-state index contributed by atoms with van der Waals surface area (Å²) in [6.45, 7) is 6.38. The van der Waals surface area contributed by atoms with Gasteiger partial charge in [0.15, 0.2) is 0 Å². The molecule has 2 N–H and O–H groups in total. The molecule has 1 aliphatic heterocycles. The average molecular weight is 347 g/mol. The highest BCUT2D eigenvalue weighted by Gasteiger charge is 2.38. The Labute approximate surface area is 146 Å². The van der Waals surface area contributed by atoms with Crippen molar-refractivity contribution in [1.82, 2.24) is 14.9 Å². The predicted molar refractivity (Wildman–Crippen MR) is 98.0 cm³/mol. The smallest absolute Gasteiger partial charge is 0.232 e. The fraction of sp³-hybridized carbons (Fsp3) is 0.556. The van der Waals surface area contributed by atoms with Crippen LogP contribution in [0, 0.1) is 0 Å². The van der Waals surface area contributed by atoms with Crippen LogP contribution in [0.4, 0.5) is 0 Å². The number of aromatic amines is 1. The van der Waals surface area contributed by atoms with Gasteiger partial charge in [-0.15, -0.1) is 11.8 Å². The van der Waals surface area contributed by atoms with E-state index in [1.807, 2.05) is 29.2 Å². The Bertz CT molecular complexity index is 689. The highest BCUT2D eigenvalue weighted by molar-refractivity contribution is 8.00. The number of hydrogen-bond donors (Lipinski definition) is 2. The van der Waals surface area contributed by atoms with Gasteiger partial charge in [-0.1, -0.05) is 12.1 Å². The number of aromatic nitrogens is 2. The second-order valence-corrected chi connectivity index (χ2v) is 8.32. The van der Waals surface area contributed by atoms with Crippen LogP contribution in [0.25, 0.3) is 11.0 Å². The van der Waals surface area contributed by atoms with Gasteiger partial charge in [0.1, 0.15) is 5.82 Å². The number of imidazole rings is 1. The Balaban J connectivity index is 1.61. The third-order valence-electron chi connectivity index (χ3n) is 4.64. The third kappa shape index (κ3) is 3.59. The number of thioether (sulfide) groups is 1. The molecule has 1 aliphatic rings. The SMILES string of the molecule is CC(SCC(=O)N1CCCC1C(C)(C)O)c1nc2ccccc2[nH]1. The first-order chi connectivity index (χ1) is 11.4. The number of fused-ring (bicyclic) bond motifs is 1. The molecule has 6 heteroatoms. The van der Waals surface area contributed by atoms with Gasteiger partial charge in [-0.3, -0.25) is 4.79 Å². The van der Waals surface area contributed by atoms with Crippen molar-refractivity contribution < 1.29 is 9.90 Å². The number of likely N-dealkylation sites (tertiary alicyclic amines) is 1. The van der Waals surface area contributed by atoms with Gasteiger partial charge in [-0.2, -0.15) is 0 Å². The molecule has 0 aliphatic carbocycles. The van der Waals surface area contributed by atoms with E-state index in [1.165, 1.54) is 0 Å². The normalized spacial score (nSPS) is 19.8. The summed E-state index contributed by atoms with van der Waals surface area (Å²) in [5.41, 5.74) is 1.13. The summed E-state index contributed by atoms with van der Waals surface area (Å²) in [6.07, 6.45) is 1.84. The number of carbonyl (C=O) groups excluding carboxylic acids is 1. The van der Waals surface area contributed by atoms with Crippen LogP contribution in [-0.2, 0) is 4.79 Å². The van der Waals surface area contributed by atoms with Gasteiger partial charge in [0.2, 0.25) is 5.91 Å². The maximum Gasteiger partial charge on any atom is 0.232 e. The molecule has 0 saturated carbocycles. The molecule has 1 fully saturated rings. The summed E-state index contributed by atoms with van der Waals surface area (Å²) >= 11 is 1.59. The number of carbonyl (C=O) groups is 1. The lowest BCUT2D eigenvalue weighted by molar-refractivity contribution is -0.133. The van der Waals surface area contributed by atoms with Crippen LogP contribution in [0.1, 0.15) is 44.7 Å². The molecule has 5 nitrogen and oxygen atoms in total. The van der Waals surface area contributed by atoms with Gasteiger partial charge >= 0.3 is 0 Å². The molecule has 2 heterocycles. The van der Waals surface area contributed by atoms with E-state index in [-0.39, 0.29) is 17.2 Å². The molecule has 1 aromatic heterocycles. The summed E-state index contributed by atoms with van der Waals surface area (Å²) in [5.74, 6) is 1.41. The highest BCUT2D eigenvalue weighted by atomic mass is 32.2. The van der Waals surface area contributed by atoms with Crippen LogP contribution in [0.5, 0.6) is 0 Å². The zero-order chi connectivity index (χ0) is 17.3. The molecule has 2 aromatic rings. The Morgan fingerprint density at radius 2 is 2.25 bits per heavy atom. The zero-order valence-electron chi connectivity index (χ0n) is 14.5. The van der Waals surface area contributed by atoms with E-state index in [4.69, 9.17) is 0 Å². The van der Waals surface area contributed by atoms with Crippen molar-refractivity contribution in [1.29, 1.82) is 0 Å². The lowest BCUT2D eigenvalue weighted by Crippen LogP contribution is -2.48. The Morgan fingerprint density at radius 3 is 2.96 bits per heavy atom. The van der Waals surface area contributed by atoms with E-state index in [1.54, 1.807) is 25.6 Å². The lowest BCUT2D eigenvalue weighted by atomic mass is 9.97. The number of nitrogens with one attached hydrogen (secondary N) is 1. The van der Waals surface area contributed by atoms with Gasteiger partial charge in [-0.25, -0.2) is 4.98 Å². The number of H-pyrrole nitrogens is 1. The maximum absolute atomic E-state index is 12.6. The van der Waals surface area contributed by atoms with Crippen LogP contribution < -0.4 is 0 Å². The molecule has 1 saturated heterocycles. The van der Waals surface area contributed by atoms with Crippen molar-refractivity contribution in [3.63, 3.8) is 0 Å². The number of rotatable bonds is 5. The fourth-order valence-corrected chi connectivity index (χ4v) is 4.15. The van der Waals surface area contributed by atoms with Crippen LogP contribution in [0.2, 0.25) is 0 Å². The van der Waals surface area contributed by atoms with E-state index < -0.39 is 5.60 Å². The van der Waals surface area contributed by atoms with Crippen LogP contribution in [0.3, 0.4) is 0 Å².